The lowest BCUT2D eigenvalue weighted by molar-refractivity contribution is -0.115. The average Bonchev–Trinajstić information content (AvgIpc) is 3.46. The van der Waals surface area contributed by atoms with Gasteiger partial charge >= 0.3 is 0 Å². The summed E-state index contributed by atoms with van der Waals surface area (Å²) in [5.74, 6) is 1.81. The molecule has 166 valence electrons. The van der Waals surface area contributed by atoms with Crippen molar-refractivity contribution in [1.29, 1.82) is 0 Å². The minimum absolute atomic E-state index is 0.152. The molecular weight excluding hydrogens is 438 g/mol. The number of pyridine rings is 1. The van der Waals surface area contributed by atoms with E-state index in [0.29, 0.717) is 28.2 Å². The van der Waals surface area contributed by atoms with Crippen LogP contribution in [0.5, 0.6) is 11.5 Å². The molecule has 0 saturated heterocycles. The van der Waals surface area contributed by atoms with Crippen LogP contribution in [0.15, 0.2) is 72.1 Å². The van der Waals surface area contributed by atoms with Gasteiger partial charge in [0.15, 0.2) is 22.5 Å². The van der Waals surface area contributed by atoms with Crippen molar-refractivity contribution in [3.63, 3.8) is 0 Å². The first-order valence-electron chi connectivity index (χ1n) is 10.4. The van der Waals surface area contributed by atoms with E-state index in [1.54, 1.807) is 30.6 Å². The molecule has 0 radical (unpaired) electrons. The molecule has 2 aromatic carbocycles. The molecule has 2 aromatic heterocycles. The number of ether oxygens (including phenoxy) is 2. The Hall–Kier alpha value is -3.85. The fourth-order valence-electron chi connectivity index (χ4n) is 3.49. The number of rotatable bonds is 6. The van der Waals surface area contributed by atoms with E-state index in [2.05, 4.69) is 20.5 Å². The van der Waals surface area contributed by atoms with E-state index in [9.17, 15) is 4.79 Å². The molecule has 0 spiro atoms. The first-order chi connectivity index (χ1) is 16.1. The number of fused-ring (bicyclic) bond motifs is 1. The number of hydrogen-bond donors (Lipinski definition) is 1. The van der Waals surface area contributed by atoms with Gasteiger partial charge in [0.25, 0.3) is 0 Å². The predicted octanol–water partition coefficient (Wildman–Crippen LogP) is 4.49. The quantitative estimate of drug-likeness (QED) is 0.425. The molecule has 4 aromatic rings. The molecule has 9 heteroatoms. The van der Waals surface area contributed by atoms with Crippen LogP contribution in [0, 0.1) is 6.92 Å². The van der Waals surface area contributed by atoms with Crippen LogP contribution >= 0.6 is 11.8 Å². The molecule has 0 saturated carbocycles. The molecule has 3 heterocycles. The number of benzene rings is 2. The summed E-state index contributed by atoms with van der Waals surface area (Å²) in [6.07, 6.45) is 3.47. The Balaban J connectivity index is 1.42. The third-order valence-electron chi connectivity index (χ3n) is 5.20. The fraction of sp³-hybridized carbons (Fsp3) is 0.167. The van der Waals surface area contributed by atoms with Crippen molar-refractivity contribution in [2.75, 3.05) is 12.1 Å². The summed E-state index contributed by atoms with van der Waals surface area (Å²) in [6, 6.07) is 17.1. The highest BCUT2D eigenvalue weighted by molar-refractivity contribution is 8.00. The van der Waals surface area contributed by atoms with Crippen molar-refractivity contribution in [2.24, 2.45) is 0 Å². The van der Waals surface area contributed by atoms with Crippen LogP contribution in [0.25, 0.3) is 17.1 Å². The summed E-state index contributed by atoms with van der Waals surface area (Å²) in [4.78, 5) is 17.2. The molecule has 0 fully saturated rings. The molecular formula is C24H21N5O3S. The number of aromatic nitrogens is 4. The van der Waals surface area contributed by atoms with Crippen molar-refractivity contribution >= 4 is 23.4 Å². The van der Waals surface area contributed by atoms with Gasteiger partial charge in [0.05, 0.1) is 10.9 Å². The van der Waals surface area contributed by atoms with E-state index in [0.717, 1.165) is 16.8 Å². The Morgan fingerprint density at radius 2 is 1.94 bits per heavy atom. The van der Waals surface area contributed by atoms with Crippen LogP contribution in [0.2, 0.25) is 0 Å². The van der Waals surface area contributed by atoms with Crippen LogP contribution in [-0.2, 0) is 4.79 Å². The van der Waals surface area contributed by atoms with Gasteiger partial charge in [-0.05, 0) is 49.7 Å². The van der Waals surface area contributed by atoms with Crippen molar-refractivity contribution in [2.45, 2.75) is 24.3 Å². The SMILES string of the molecule is Cc1ccccc1-n1c(S[C@@H](C)C(=O)Nc2ccc3c(c2)OCO3)nnc1-c1cccnc1. The molecule has 1 atom stereocenters. The van der Waals surface area contributed by atoms with E-state index in [1.165, 1.54) is 11.8 Å². The van der Waals surface area contributed by atoms with Gasteiger partial charge in [-0.2, -0.15) is 0 Å². The number of hydrogen-bond acceptors (Lipinski definition) is 7. The first-order valence-corrected chi connectivity index (χ1v) is 11.3. The van der Waals surface area contributed by atoms with Gasteiger partial charge in [0, 0.05) is 29.7 Å². The number of nitrogens with one attached hydrogen (secondary N) is 1. The van der Waals surface area contributed by atoms with Crippen molar-refractivity contribution in [1.82, 2.24) is 19.7 Å². The minimum Gasteiger partial charge on any atom is -0.454 e. The largest absolute Gasteiger partial charge is 0.454 e. The van der Waals surface area contributed by atoms with Crippen LogP contribution in [-0.4, -0.2) is 37.7 Å². The van der Waals surface area contributed by atoms with Crippen molar-refractivity contribution < 1.29 is 14.3 Å². The van der Waals surface area contributed by atoms with Crippen LogP contribution in [0.1, 0.15) is 12.5 Å². The number of anilines is 1. The number of thioether (sulfide) groups is 1. The number of carbonyl (C=O) groups is 1. The van der Waals surface area contributed by atoms with Gasteiger partial charge in [0.2, 0.25) is 12.7 Å². The molecule has 8 nitrogen and oxygen atoms in total. The van der Waals surface area contributed by atoms with E-state index in [1.807, 2.05) is 54.8 Å². The molecule has 1 amide bonds. The zero-order valence-corrected chi connectivity index (χ0v) is 18.9. The standard InChI is InChI=1S/C24H21N5O3S/c1-15-6-3-4-8-19(15)29-22(17-7-5-11-25-13-17)27-28-24(29)33-16(2)23(30)26-18-9-10-20-21(12-18)32-14-31-20/h3-13,16H,14H2,1-2H3,(H,26,30)/t16-/m0/s1. The van der Waals surface area contributed by atoms with E-state index in [4.69, 9.17) is 9.47 Å². The first kappa shape index (κ1) is 21.0. The third kappa shape index (κ3) is 4.27. The van der Waals surface area contributed by atoms with Gasteiger partial charge in [-0.25, -0.2) is 0 Å². The monoisotopic (exact) mass is 459 g/mol. The Bertz CT molecular complexity index is 1310. The highest BCUT2D eigenvalue weighted by Crippen LogP contribution is 2.35. The second-order valence-corrected chi connectivity index (χ2v) is 8.80. The zero-order chi connectivity index (χ0) is 22.8. The summed E-state index contributed by atoms with van der Waals surface area (Å²) < 4.78 is 12.7. The lowest BCUT2D eigenvalue weighted by Crippen LogP contribution is -2.23. The smallest absolute Gasteiger partial charge is 0.237 e. The summed E-state index contributed by atoms with van der Waals surface area (Å²) in [7, 11) is 0. The zero-order valence-electron chi connectivity index (χ0n) is 18.1. The van der Waals surface area contributed by atoms with Crippen LogP contribution in [0.3, 0.4) is 0 Å². The predicted molar refractivity (Wildman–Crippen MR) is 126 cm³/mol. The van der Waals surface area contributed by atoms with Gasteiger partial charge in [-0.3, -0.25) is 14.3 Å². The third-order valence-corrected chi connectivity index (χ3v) is 6.24. The van der Waals surface area contributed by atoms with Crippen LogP contribution in [0.4, 0.5) is 5.69 Å². The minimum atomic E-state index is -0.427. The molecule has 0 bridgehead atoms. The second-order valence-electron chi connectivity index (χ2n) is 7.49. The molecule has 1 aliphatic heterocycles. The molecule has 5 rings (SSSR count). The second kappa shape index (κ2) is 8.95. The highest BCUT2D eigenvalue weighted by Gasteiger charge is 2.23. The Morgan fingerprint density at radius 3 is 2.76 bits per heavy atom. The summed E-state index contributed by atoms with van der Waals surface area (Å²) in [5, 5.41) is 12.0. The summed E-state index contributed by atoms with van der Waals surface area (Å²) in [6.45, 7) is 4.06. The van der Waals surface area contributed by atoms with E-state index >= 15 is 0 Å². The van der Waals surface area contributed by atoms with Crippen LogP contribution < -0.4 is 14.8 Å². The number of para-hydroxylation sites is 1. The maximum Gasteiger partial charge on any atom is 0.237 e. The normalized spacial score (nSPS) is 13.0. The fourth-order valence-corrected chi connectivity index (χ4v) is 4.35. The lowest BCUT2D eigenvalue weighted by atomic mass is 10.2. The van der Waals surface area contributed by atoms with Crippen molar-refractivity contribution in [3.05, 3.63) is 72.6 Å². The summed E-state index contributed by atoms with van der Waals surface area (Å²) >= 11 is 1.34. The van der Waals surface area contributed by atoms with Gasteiger partial charge in [-0.15, -0.1) is 10.2 Å². The van der Waals surface area contributed by atoms with Gasteiger partial charge < -0.3 is 14.8 Å². The Kier molecular flexibility index (Phi) is 5.70. The topological polar surface area (TPSA) is 91.2 Å². The Labute approximate surface area is 195 Å². The maximum atomic E-state index is 12.9. The highest BCUT2D eigenvalue weighted by atomic mass is 32.2. The molecule has 1 aliphatic rings. The number of aryl methyl sites for hydroxylation is 1. The van der Waals surface area contributed by atoms with Crippen molar-refractivity contribution in [3.8, 4) is 28.6 Å². The number of amides is 1. The van der Waals surface area contributed by atoms with E-state index < -0.39 is 5.25 Å². The summed E-state index contributed by atoms with van der Waals surface area (Å²) in [5.41, 5.74) is 3.51. The Morgan fingerprint density at radius 1 is 1.09 bits per heavy atom. The van der Waals surface area contributed by atoms with Gasteiger partial charge in [0.1, 0.15) is 0 Å². The lowest BCUT2D eigenvalue weighted by Gasteiger charge is -2.15. The molecule has 0 aliphatic carbocycles. The van der Waals surface area contributed by atoms with E-state index in [-0.39, 0.29) is 12.7 Å². The van der Waals surface area contributed by atoms with Gasteiger partial charge in [-0.1, -0.05) is 30.0 Å². The number of nitrogens with zero attached hydrogens (tertiary/aromatic N) is 4. The number of carbonyl (C=O) groups excluding carboxylic acids is 1. The maximum absolute atomic E-state index is 12.9. The molecule has 1 N–H and O–H groups in total. The average molecular weight is 460 g/mol. The molecule has 33 heavy (non-hydrogen) atoms. The molecule has 0 unspecified atom stereocenters.